The molecule has 218 valence electrons. The lowest BCUT2D eigenvalue weighted by Crippen LogP contribution is -2.38. The molecule has 1 aliphatic rings. The third-order valence-electron chi connectivity index (χ3n) is 6.81. The number of nitrogens with one attached hydrogen (secondary N) is 3. The molecule has 42 heavy (non-hydrogen) atoms. The van der Waals surface area contributed by atoms with Gasteiger partial charge in [-0.15, -0.1) is 0 Å². The number of para-hydroxylation sites is 1. The summed E-state index contributed by atoms with van der Waals surface area (Å²) >= 11 is 0. The van der Waals surface area contributed by atoms with Crippen molar-refractivity contribution in [1.82, 2.24) is 9.88 Å². The van der Waals surface area contributed by atoms with Gasteiger partial charge in [0.05, 0.1) is 11.9 Å². The number of carbonyl (C=O) groups is 1. The van der Waals surface area contributed by atoms with Crippen LogP contribution in [0.4, 0.5) is 21.5 Å². The number of benzene rings is 3. The Labute approximate surface area is 244 Å². The number of nitrogens with zero attached hydrogens (tertiary/aromatic N) is 2. The zero-order chi connectivity index (χ0) is 29.5. The number of likely N-dealkylation sites (tertiary alicyclic amines) is 1. The fourth-order valence-electron chi connectivity index (χ4n) is 4.69. The minimum atomic E-state index is -3.33. The van der Waals surface area contributed by atoms with E-state index in [0.29, 0.717) is 28.9 Å². The van der Waals surface area contributed by atoms with Crippen LogP contribution in [0.5, 0.6) is 11.6 Å². The van der Waals surface area contributed by atoms with Crippen molar-refractivity contribution in [2.24, 2.45) is 0 Å². The number of carbonyl (C=O) groups excluding carboxylic acids is 1. The van der Waals surface area contributed by atoms with Crippen molar-refractivity contribution in [3.8, 4) is 11.6 Å². The summed E-state index contributed by atoms with van der Waals surface area (Å²) in [6.45, 7) is 2.66. The standard InChI is InChI=1S/C31H32FN5O4S/c1-42(39,40)36-26-11-13-27(14-12-26)41-30-15-6-22(20-33-30)21-37-18-16-25(17-19-37)34-24-9-7-23(8-10-24)31(38)35-29-5-3-2-4-28(29)32/h2-15,20,25,34,36H,16-19,21H2,1H3,(H,35,38). The topological polar surface area (TPSA) is 113 Å². The van der Waals surface area contributed by atoms with Crippen molar-refractivity contribution in [3.63, 3.8) is 0 Å². The van der Waals surface area contributed by atoms with Gasteiger partial charge in [0.15, 0.2) is 0 Å². The summed E-state index contributed by atoms with van der Waals surface area (Å²) in [6.07, 6.45) is 4.87. The van der Waals surface area contributed by atoms with E-state index in [1.165, 1.54) is 12.1 Å². The Morgan fingerprint density at radius 2 is 1.64 bits per heavy atom. The summed E-state index contributed by atoms with van der Waals surface area (Å²) in [7, 11) is -3.33. The summed E-state index contributed by atoms with van der Waals surface area (Å²) < 4.78 is 44.7. The van der Waals surface area contributed by atoms with Crippen LogP contribution in [0.25, 0.3) is 0 Å². The van der Waals surface area contributed by atoms with Crippen molar-refractivity contribution in [2.75, 3.05) is 34.7 Å². The Morgan fingerprint density at radius 1 is 0.952 bits per heavy atom. The minimum Gasteiger partial charge on any atom is -0.439 e. The maximum absolute atomic E-state index is 13.8. The second-order valence-electron chi connectivity index (χ2n) is 10.2. The van der Waals surface area contributed by atoms with Crippen molar-refractivity contribution in [2.45, 2.75) is 25.4 Å². The fourth-order valence-corrected chi connectivity index (χ4v) is 5.26. The molecule has 0 atom stereocenters. The Kier molecular flexibility index (Phi) is 8.99. The quantitative estimate of drug-likeness (QED) is 0.217. The zero-order valence-electron chi connectivity index (χ0n) is 23.1. The predicted molar refractivity (Wildman–Crippen MR) is 162 cm³/mol. The maximum Gasteiger partial charge on any atom is 0.255 e. The molecule has 0 bridgehead atoms. The van der Waals surface area contributed by atoms with Crippen molar-refractivity contribution in [1.29, 1.82) is 0 Å². The van der Waals surface area contributed by atoms with E-state index in [0.717, 1.165) is 50.0 Å². The van der Waals surface area contributed by atoms with Gasteiger partial charge in [-0.2, -0.15) is 0 Å². The lowest BCUT2D eigenvalue weighted by Gasteiger charge is -2.32. The number of piperidine rings is 1. The summed E-state index contributed by atoms with van der Waals surface area (Å²) in [6, 6.07) is 24.1. The van der Waals surface area contributed by atoms with Gasteiger partial charge in [0.1, 0.15) is 11.6 Å². The molecule has 0 radical (unpaired) electrons. The van der Waals surface area contributed by atoms with Crippen LogP contribution in [0.1, 0.15) is 28.8 Å². The predicted octanol–water partition coefficient (Wildman–Crippen LogP) is 5.71. The highest BCUT2D eigenvalue weighted by atomic mass is 32.2. The van der Waals surface area contributed by atoms with Gasteiger partial charge >= 0.3 is 0 Å². The van der Waals surface area contributed by atoms with Crippen LogP contribution in [-0.4, -0.2) is 49.6 Å². The van der Waals surface area contributed by atoms with E-state index >= 15 is 0 Å². The molecule has 9 nitrogen and oxygen atoms in total. The van der Waals surface area contributed by atoms with Crippen LogP contribution in [-0.2, 0) is 16.6 Å². The summed E-state index contributed by atoms with van der Waals surface area (Å²) in [5.74, 6) is 0.196. The van der Waals surface area contributed by atoms with Gasteiger partial charge in [-0.1, -0.05) is 18.2 Å². The van der Waals surface area contributed by atoms with Crippen molar-refractivity contribution >= 4 is 33.0 Å². The van der Waals surface area contributed by atoms with Crippen LogP contribution < -0.4 is 20.1 Å². The Balaban J connectivity index is 1.05. The molecule has 3 N–H and O–H groups in total. The number of anilines is 3. The number of hydrogen-bond acceptors (Lipinski definition) is 7. The zero-order valence-corrected chi connectivity index (χ0v) is 23.9. The molecule has 1 amide bonds. The molecule has 11 heteroatoms. The molecule has 0 aliphatic carbocycles. The van der Waals surface area contributed by atoms with Gasteiger partial charge in [0.2, 0.25) is 15.9 Å². The summed E-state index contributed by atoms with van der Waals surface area (Å²) in [5, 5.41) is 6.16. The highest BCUT2D eigenvalue weighted by Crippen LogP contribution is 2.23. The molecule has 1 aliphatic heterocycles. The summed E-state index contributed by atoms with van der Waals surface area (Å²) in [4.78, 5) is 19.3. The number of amides is 1. The smallest absolute Gasteiger partial charge is 0.255 e. The number of hydrogen-bond donors (Lipinski definition) is 3. The minimum absolute atomic E-state index is 0.158. The lowest BCUT2D eigenvalue weighted by molar-refractivity contribution is 0.102. The largest absolute Gasteiger partial charge is 0.439 e. The molecule has 0 spiro atoms. The van der Waals surface area contributed by atoms with Gasteiger partial charge in [-0.3, -0.25) is 14.4 Å². The monoisotopic (exact) mass is 589 g/mol. The molecular formula is C31H32FN5O4S. The van der Waals surface area contributed by atoms with Gasteiger partial charge in [-0.25, -0.2) is 17.8 Å². The van der Waals surface area contributed by atoms with E-state index in [1.54, 1.807) is 48.5 Å². The third-order valence-corrected chi connectivity index (χ3v) is 7.42. The Bertz CT molecular complexity index is 1610. The second kappa shape index (κ2) is 13.0. The normalized spacial score (nSPS) is 14.2. The summed E-state index contributed by atoms with van der Waals surface area (Å²) in [5.41, 5.74) is 3.11. The van der Waals surface area contributed by atoms with Crippen LogP contribution in [0.3, 0.4) is 0 Å². The molecule has 1 fully saturated rings. The van der Waals surface area contributed by atoms with E-state index in [-0.39, 0.29) is 11.6 Å². The van der Waals surface area contributed by atoms with E-state index in [9.17, 15) is 17.6 Å². The molecule has 0 unspecified atom stereocenters. The van der Waals surface area contributed by atoms with Crippen molar-refractivity contribution in [3.05, 3.63) is 108 Å². The van der Waals surface area contributed by atoms with Crippen LogP contribution in [0.15, 0.2) is 91.1 Å². The number of aromatic nitrogens is 1. The number of pyridine rings is 1. The van der Waals surface area contributed by atoms with Crippen LogP contribution in [0, 0.1) is 5.82 Å². The van der Waals surface area contributed by atoms with E-state index in [2.05, 4.69) is 25.2 Å². The number of ether oxygens (including phenoxy) is 1. The van der Waals surface area contributed by atoms with Gasteiger partial charge in [0, 0.05) is 54.9 Å². The maximum atomic E-state index is 13.8. The van der Waals surface area contributed by atoms with E-state index < -0.39 is 15.8 Å². The van der Waals surface area contributed by atoms with E-state index in [4.69, 9.17) is 4.74 Å². The highest BCUT2D eigenvalue weighted by Gasteiger charge is 2.19. The van der Waals surface area contributed by atoms with Crippen molar-refractivity contribution < 1.29 is 22.3 Å². The molecule has 1 saturated heterocycles. The fraction of sp³-hybridized carbons (Fsp3) is 0.226. The second-order valence-corrected chi connectivity index (χ2v) is 12.0. The SMILES string of the molecule is CS(=O)(=O)Nc1ccc(Oc2ccc(CN3CCC(Nc4ccc(C(=O)Nc5ccccc5F)cc4)CC3)cn2)cc1. The molecular weight excluding hydrogens is 557 g/mol. The molecule has 3 aromatic carbocycles. The highest BCUT2D eigenvalue weighted by molar-refractivity contribution is 7.92. The van der Waals surface area contributed by atoms with Crippen LogP contribution >= 0.6 is 0 Å². The first-order chi connectivity index (χ1) is 20.2. The first-order valence-corrected chi connectivity index (χ1v) is 15.4. The van der Waals surface area contributed by atoms with E-state index in [1.807, 2.05) is 30.5 Å². The molecule has 5 rings (SSSR count). The number of rotatable bonds is 10. The van der Waals surface area contributed by atoms with Gasteiger partial charge < -0.3 is 15.4 Å². The first-order valence-electron chi connectivity index (χ1n) is 13.6. The number of sulfonamides is 1. The number of halogens is 1. The molecule has 2 heterocycles. The first kappa shape index (κ1) is 29.0. The average Bonchev–Trinajstić information content (AvgIpc) is 2.97. The Morgan fingerprint density at radius 3 is 2.29 bits per heavy atom. The average molecular weight is 590 g/mol. The molecule has 1 aromatic heterocycles. The Hall–Kier alpha value is -4.48. The lowest BCUT2D eigenvalue weighted by atomic mass is 10.0. The molecule has 0 saturated carbocycles. The van der Waals surface area contributed by atoms with Gasteiger partial charge in [0.25, 0.3) is 5.91 Å². The molecule has 4 aromatic rings. The van der Waals surface area contributed by atoms with Gasteiger partial charge in [-0.05, 0) is 79.1 Å². The third kappa shape index (κ3) is 8.27. The van der Waals surface area contributed by atoms with Crippen LogP contribution in [0.2, 0.25) is 0 Å².